The number of halogens is 1. The smallest absolute Gasteiger partial charge is 0.287 e. The Bertz CT molecular complexity index is 892. The molecule has 0 radical (unpaired) electrons. The Morgan fingerprint density at radius 2 is 2.07 bits per heavy atom. The van der Waals surface area contributed by atoms with Crippen molar-refractivity contribution in [2.75, 3.05) is 44.7 Å². The van der Waals surface area contributed by atoms with Gasteiger partial charge in [-0.1, -0.05) is 0 Å². The lowest BCUT2D eigenvalue weighted by Gasteiger charge is -2.35. The fourth-order valence-electron chi connectivity index (χ4n) is 3.18. The minimum Gasteiger partial charge on any atom is -0.459 e. The van der Waals surface area contributed by atoms with Crippen LogP contribution in [0.15, 0.2) is 34.1 Å². The van der Waals surface area contributed by atoms with Crippen molar-refractivity contribution >= 4 is 47.4 Å². The van der Waals surface area contributed by atoms with Gasteiger partial charge in [0.1, 0.15) is 6.54 Å². The summed E-state index contributed by atoms with van der Waals surface area (Å²) in [5, 5.41) is 10.2. The molecule has 164 valence electrons. The van der Waals surface area contributed by atoms with E-state index in [1.54, 1.807) is 28.9 Å². The van der Waals surface area contributed by atoms with Crippen LogP contribution in [0.3, 0.4) is 0 Å². The number of amides is 2. The summed E-state index contributed by atoms with van der Waals surface area (Å²) in [5.74, 6) is 0.818. The molecule has 2 aromatic heterocycles. The van der Waals surface area contributed by atoms with Crippen molar-refractivity contribution in [3.05, 3.63) is 36.0 Å². The Labute approximate surface area is 192 Å². The van der Waals surface area contributed by atoms with Gasteiger partial charge in [-0.05, 0) is 19.4 Å². The summed E-state index contributed by atoms with van der Waals surface area (Å²) in [5.41, 5.74) is 1.62. The number of aliphatic imine (C=N–C) groups is 1. The van der Waals surface area contributed by atoms with Gasteiger partial charge >= 0.3 is 0 Å². The van der Waals surface area contributed by atoms with Gasteiger partial charge in [-0.15, -0.1) is 24.0 Å². The predicted octanol–water partition coefficient (Wildman–Crippen LogP) is 0.984. The van der Waals surface area contributed by atoms with Crippen LogP contribution in [-0.2, 0) is 11.8 Å². The van der Waals surface area contributed by atoms with Gasteiger partial charge in [0.25, 0.3) is 5.91 Å². The SMILES string of the molecule is CN=C(NCCCNC(=O)c1occc1C)N1CCN(c2cnn(C)c2)C(=O)C1.I. The van der Waals surface area contributed by atoms with Gasteiger partial charge in [-0.3, -0.25) is 19.3 Å². The molecule has 2 amide bonds. The average Bonchev–Trinajstić information content (AvgIpc) is 3.32. The van der Waals surface area contributed by atoms with E-state index in [-0.39, 0.29) is 42.3 Å². The van der Waals surface area contributed by atoms with E-state index in [0.717, 1.165) is 11.3 Å². The summed E-state index contributed by atoms with van der Waals surface area (Å²) in [7, 11) is 3.52. The zero-order valence-corrected chi connectivity index (χ0v) is 19.8. The van der Waals surface area contributed by atoms with Crippen LogP contribution in [0, 0.1) is 6.92 Å². The topological polar surface area (TPSA) is 108 Å². The Morgan fingerprint density at radius 1 is 1.30 bits per heavy atom. The van der Waals surface area contributed by atoms with Crippen LogP contribution in [0.4, 0.5) is 5.69 Å². The van der Waals surface area contributed by atoms with E-state index < -0.39 is 0 Å². The third-order valence-electron chi connectivity index (χ3n) is 4.73. The fourth-order valence-corrected chi connectivity index (χ4v) is 3.18. The van der Waals surface area contributed by atoms with Gasteiger partial charge in [0.05, 0.1) is 18.1 Å². The van der Waals surface area contributed by atoms with Crippen LogP contribution in [0.1, 0.15) is 22.5 Å². The summed E-state index contributed by atoms with van der Waals surface area (Å²) in [4.78, 5) is 32.5. The number of carbonyl (C=O) groups excluding carboxylic acids is 2. The number of aromatic nitrogens is 2. The van der Waals surface area contributed by atoms with E-state index in [1.807, 2.05) is 25.1 Å². The molecule has 0 aromatic carbocycles. The Morgan fingerprint density at radius 3 is 2.67 bits per heavy atom. The molecule has 2 N–H and O–H groups in total. The molecule has 2 aromatic rings. The number of hydrogen-bond donors (Lipinski definition) is 2. The molecule has 0 unspecified atom stereocenters. The van der Waals surface area contributed by atoms with E-state index in [4.69, 9.17) is 4.42 Å². The highest BCUT2D eigenvalue weighted by atomic mass is 127. The highest BCUT2D eigenvalue weighted by Gasteiger charge is 2.27. The molecular formula is C19H28IN7O3. The first-order chi connectivity index (χ1) is 14.0. The first kappa shape index (κ1) is 23.7. The molecule has 0 spiro atoms. The van der Waals surface area contributed by atoms with Gasteiger partial charge in [-0.2, -0.15) is 5.10 Å². The highest BCUT2D eigenvalue weighted by Crippen LogP contribution is 2.16. The third kappa shape index (κ3) is 5.74. The molecule has 3 rings (SSSR count). The number of hydrogen-bond acceptors (Lipinski definition) is 5. The molecule has 1 aliphatic rings. The largest absolute Gasteiger partial charge is 0.459 e. The summed E-state index contributed by atoms with van der Waals surface area (Å²) >= 11 is 0. The third-order valence-corrected chi connectivity index (χ3v) is 4.73. The summed E-state index contributed by atoms with van der Waals surface area (Å²) in [6.07, 6.45) is 5.75. The number of furan rings is 1. The maximum absolute atomic E-state index is 12.5. The van der Waals surface area contributed by atoms with Crippen LogP contribution in [0.5, 0.6) is 0 Å². The van der Waals surface area contributed by atoms with Crippen LogP contribution >= 0.6 is 24.0 Å². The first-order valence-electron chi connectivity index (χ1n) is 9.56. The number of rotatable bonds is 6. The number of anilines is 1. The number of guanidine groups is 1. The summed E-state index contributed by atoms with van der Waals surface area (Å²) in [6, 6.07) is 1.76. The molecule has 11 heteroatoms. The molecule has 0 bridgehead atoms. The first-order valence-corrected chi connectivity index (χ1v) is 9.56. The monoisotopic (exact) mass is 529 g/mol. The number of nitrogens with one attached hydrogen (secondary N) is 2. The van der Waals surface area contributed by atoms with Crippen molar-refractivity contribution < 1.29 is 14.0 Å². The van der Waals surface area contributed by atoms with E-state index in [9.17, 15) is 9.59 Å². The summed E-state index contributed by atoms with van der Waals surface area (Å²) < 4.78 is 6.86. The normalized spacial score (nSPS) is 14.5. The molecule has 1 aliphatic heterocycles. The maximum Gasteiger partial charge on any atom is 0.287 e. The number of nitrogens with zero attached hydrogens (tertiary/aromatic N) is 5. The standard InChI is InChI=1S/C19H27N7O3.HI/c1-14-5-10-29-17(14)18(28)21-6-4-7-22-19(20-2)25-8-9-26(16(27)13-25)15-11-23-24(3)12-15;/h5,10-12H,4,6-9,13H2,1-3H3,(H,20,22)(H,21,28);1H. The van der Waals surface area contributed by atoms with E-state index in [0.29, 0.717) is 44.3 Å². The molecule has 0 aliphatic carbocycles. The van der Waals surface area contributed by atoms with Crippen molar-refractivity contribution in [3.63, 3.8) is 0 Å². The van der Waals surface area contributed by atoms with Gasteiger partial charge in [0.2, 0.25) is 5.91 Å². The van der Waals surface area contributed by atoms with Crippen molar-refractivity contribution in [2.45, 2.75) is 13.3 Å². The molecule has 10 nitrogen and oxygen atoms in total. The highest BCUT2D eigenvalue weighted by molar-refractivity contribution is 14.0. The Hall–Kier alpha value is -2.57. The minimum atomic E-state index is -0.214. The van der Waals surface area contributed by atoms with E-state index >= 15 is 0 Å². The molecular weight excluding hydrogens is 501 g/mol. The van der Waals surface area contributed by atoms with Gasteiger partial charge < -0.3 is 24.9 Å². The zero-order valence-electron chi connectivity index (χ0n) is 17.4. The van der Waals surface area contributed by atoms with Crippen LogP contribution in [-0.4, -0.2) is 72.2 Å². The van der Waals surface area contributed by atoms with Gasteiger partial charge in [-0.25, -0.2) is 0 Å². The second-order valence-corrected chi connectivity index (χ2v) is 6.86. The van der Waals surface area contributed by atoms with Crippen LogP contribution < -0.4 is 15.5 Å². The van der Waals surface area contributed by atoms with Crippen molar-refractivity contribution in [3.8, 4) is 0 Å². The molecule has 0 saturated carbocycles. The lowest BCUT2D eigenvalue weighted by molar-refractivity contribution is -0.120. The van der Waals surface area contributed by atoms with Crippen LogP contribution in [0.25, 0.3) is 0 Å². The Balaban J connectivity index is 0.00000320. The second-order valence-electron chi connectivity index (χ2n) is 6.86. The van der Waals surface area contributed by atoms with E-state index in [1.165, 1.54) is 6.26 Å². The van der Waals surface area contributed by atoms with Crippen molar-refractivity contribution in [1.82, 2.24) is 25.3 Å². The van der Waals surface area contributed by atoms with Crippen molar-refractivity contribution in [1.29, 1.82) is 0 Å². The van der Waals surface area contributed by atoms with Gasteiger partial charge in [0.15, 0.2) is 11.7 Å². The number of aryl methyl sites for hydroxylation is 2. The minimum absolute atomic E-state index is 0. The molecule has 3 heterocycles. The lowest BCUT2D eigenvalue weighted by atomic mass is 10.2. The quantitative estimate of drug-likeness (QED) is 0.250. The molecule has 1 fully saturated rings. The average molecular weight is 529 g/mol. The zero-order chi connectivity index (χ0) is 20.8. The van der Waals surface area contributed by atoms with Crippen LogP contribution in [0.2, 0.25) is 0 Å². The predicted molar refractivity (Wildman–Crippen MR) is 124 cm³/mol. The van der Waals surface area contributed by atoms with E-state index in [2.05, 4.69) is 20.7 Å². The Kier molecular flexibility index (Phi) is 8.69. The number of carbonyl (C=O) groups is 2. The molecule has 30 heavy (non-hydrogen) atoms. The second kappa shape index (κ2) is 11.0. The van der Waals surface area contributed by atoms with Gasteiger partial charge in [0, 0.05) is 52.0 Å². The summed E-state index contributed by atoms with van der Waals surface area (Å²) in [6.45, 7) is 4.47. The molecule has 1 saturated heterocycles. The lowest BCUT2D eigenvalue weighted by Crippen LogP contribution is -2.55. The fraction of sp³-hybridized carbons (Fsp3) is 0.474. The number of piperazine rings is 1. The maximum atomic E-state index is 12.5. The van der Waals surface area contributed by atoms with Crippen molar-refractivity contribution in [2.24, 2.45) is 12.0 Å². The molecule has 0 atom stereocenters.